The Labute approximate surface area is 133 Å². The standard InChI is InChI=1S/C16H29N3O3/c20-13-15-9-14(10-17-5-7-22-8-6-17)11-19(12-15)16(21)18-3-1-2-4-18/h14-15,20H,1-13H2/t14-,15+/m1/s1. The van der Waals surface area contributed by atoms with Crippen LogP contribution < -0.4 is 0 Å². The molecule has 3 aliphatic rings. The molecule has 6 nitrogen and oxygen atoms in total. The number of aliphatic hydroxyl groups excluding tert-OH is 1. The van der Waals surface area contributed by atoms with Gasteiger partial charge >= 0.3 is 6.03 Å². The number of morpholine rings is 1. The molecule has 0 aromatic rings. The summed E-state index contributed by atoms with van der Waals surface area (Å²) in [6.07, 6.45) is 3.28. The third-order valence-electron chi connectivity index (χ3n) is 5.15. The number of hydrogen-bond acceptors (Lipinski definition) is 4. The lowest BCUT2D eigenvalue weighted by molar-refractivity contribution is 0.0158. The maximum Gasteiger partial charge on any atom is 0.320 e. The van der Waals surface area contributed by atoms with Crippen molar-refractivity contribution in [2.24, 2.45) is 11.8 Å². The number of carbonyl (C=O) groups is 1. The highest BCUT2D eigenvalue weighted by molar-refractivity contribution is 5.74. The predicted octanol–water partition coefficient (Wildman–Crippen LogP) is 0.465. The molecular weight excluding hydrogens is 282 g/mol. The Morgan fingerprint density at radius 2 is 1.68 bits per heavy atom. The Morgan fingerprint density at radius 1 is 1.00 bits per heavy atom. The third kappa shape index (κ3) is 3.91. The number of urea groups is 1. The first-order valence-corrected chi connectivity index (χ1v) is 8.71. The molecule has 0 unspecified atom stereocenters. The molecule has 126 valence electrons. The molecular formula is C16H29N3O3. The highest BCUT2D eigenvalue weighted by Gasteiger charge is 2.33. The van der Waals surface area contributed by atoms with E-state index in [1.54, 1.807) is 0 Å². The normalized spacial score (nSPS) is 30.8. The quantitative estimate of drug-likeness (QED) is 0.823. The number of aliphatic hydroxyl groups is 1. The average Bonchev–Trinajstić information content (AvgIpc) is 3.09. The SMILES string of the molecule is O=C(N1CCCC1)N1C[C@@H](CN2CCOCC2)C[C@H](CO)C1. The maximum atomic E-state index is 12.6. The monoisotopic (exact) mass is 311 g/mol. The van der Waals surface area contributed by atoms with Crippen LogP contribution in [0.5, 0.6) is 0 Å². The zero-order valence-electron chi connectivity index (χ0n) is 13.5. The molecule has 1 N–H and O–H groups in total. The second-order valence-electron chi connectivity index (χ2n) is 6.95. The van der Waals surface area contributed by atoms with E-state index in [0.717, 1.165) is 71.7 Å². The molecule has 0 aromatic carbocycles. The number of likely N-dealkylation sites (tertiary alicyclic amines) is 2. The smallest absolute Gasteiger partial charge is 0.320 e. The fourth-order valence-corrected chi connectivity index (χ4v) is 4.00. The number of amides is 2. The van der Waals surface area contributed by atoms with E-state index in [4.69, 9.17) is 4.74 Å². The van der Waals surface area contributed by atoms with Gasteiger partial charge in [0.25, 0.3) is 0 Å². The van der Waals surface area contributed by atoms with Crippen molar-refractivity contribution in [3.63, 3.8) is 0 Å². The summed E-state index contributed by atoms with van der Waals surface area (Å²) in [6.45, 7) is 8.14. The van der Waals surface area contributed by atoms with Crippen LogP contribution in [0.15, 0.2) is 0 Å². The Morgan fingerprint density at radius 3 is 2.36 bits per heavy atom. The molecule has 6 heteroatoms. The summed E-state index contributed by atoms with van der Waals surface area (Å²) < 4.78 is 5.41. The second kappa shape index (κ2) is 7.62. The molecule has 2 amide bonds. The van der Waals surface area contributed by atoms with Crippen LogP contribution in [-0.2, 0) is 4.74 Å². The first-order valence-electron chi connectivity index (χ1n) is 8.71. The van der Waals surface area contributed by atoms with Crippen molar-refractivity contribution in [1.82, 2.24) is 14.7 Å². The van der Waals surface area contributed by atoms with E-state index < -0.39 is 0 Å². The second-order valence-corrected chi connectivity index (χ2v) is 6.95. The number of nitrogens with zero attached hydrogens (tertiary/aromatic N) is 3. The highest BCUT2D eigenvalue weighted by atomic mass is 16.5. The van der Waals surface area contributed by atoms with Crippen molar-refractivity contribution < 1.29 is 14.6 Å². The van der Waals surface area contributed by atoms with Crippen molar-refractivity contribution in [3.8, 4) is 0 Å². The first-order chi connectivity index (χ1) is 10.8. The van der Waals surface area contributed by atoms with E-state index in [-0.39, 0.29) is 18.6 Å². The van der Waals surface area contributed by atoms with Gasteiger partial charge in [0.1, 0.15) is 0 Å². The van der Waals surface area contributed by atoms with Gasteiger partial charge < -0.3 is 19.6 Å². The average molecular weight is 311 g/mol. The Bertz CT molecular complexity index is 368. The molecule has 0 aliphatic carbocycles. The summed E-state index contributed by atoms with van der Waals surface area (Å²) in [5, 5.41) is 9.59. The van der Waals surface area contributed by atoms with Gasteiger partial charge in [-0.2, -0.15) is 0 Å². The Hall–Kier alpha value is -0.850. The third-order valence-corrected chi connectivity index (χ3v) is 5.15. The van der Waals surface area contributed by atoms with Gasteiger partial charge in [-0.05, 0) is 25.2 Å². The minimum absolute atomic E-state index is 0.183. The van der Waals surface area contributed by atoms with Crippen LogP contribution in [0.2, 0.25) is 0 Å². The van der Waals surface area contributed by atoms with E-state index >= 15 is 0 Å². The Kier molecular flexibility index (Phi) is 5.55. The molecule has 3 fully saturated rings. The van der Waals surface area contributed by atoms with Gasteiger partial charge in [0.05, 0.1) is 13.2 Å². The van der Waals surface area contributed by atoms with Crippen molar-refractivity contribution >= 4 is 6.03 Å². The summed E-state index contributed by atoms with van der Waals surface area (Å²) in [5.74, 6) is 0.696. The van der Waals surface area contributed by atoms with E-state index in [0.29, 0.717) is 12.5 Å². The molecule has 3 aliphatic heterocycles. The van der Waals surface area contributed by atoms with Crippen LogP contribution in [0.3, 0.4) is 0 Å². The molecule has 0 saturated carbocycles. The van der Waals surface area contributed by atoms with Crippen molar-refractivity contribution in [3.05, 3.63) is 0 Å². The zero-order valence-corrected chi connectivity index (χ0v) is 13.5. The highest BCUT2D eigenvalue weighted by Crippen LogP contribution is 2.25. The molecule has 0 bridgehead atoms. The minimum Gasteiger partial charge on any atom is -0.396 e. The number of hydrogen-bond donors (Lipinski definition) is 1. The molecule has 0 radical (unpaired) electrons. The number of piperidine rings is 1. The Balaban J connectivity index is 1.57. The van der Waals surface area contributed by atoms with Gasteiger partial charge in [-0.25, -0.2) is 4.79 Å². The summed E-state index contributed by atoms with van der Waals surface area (Å²) in [7, 11) is 0. The fraction of sp³-hybridized carbons (Fsp3) is 0.938. The molecule has 2 atom stereocenters. The zero-order chi connectivity index (χ0) is 15.4. The molecule has 3 saturated heterocycles. The lowest BCUT2D eigenvalue weighted by atomic mass is 9.89. The fourth-order valence-electron chi connectivity index (χ4n) is 4.00. The van der Waals surface area contributed by atoms with E-state index in [1.165, 1.54) is 0 Å². The summed E-state index contributed by atoms with van der Waals surface area (Å²) in [5.41, 5.74) is 0. The minimum atomic E-state index is 0.183. The molecule has 0 spiro atoms. The van der Waals surface area contributed by atoms with Gasteiger partial charge in [-0.15, -0.1) is 0 Å². The van der Waals surface area contributed by atoms with Crippen molar-refractivity contribution in [2.75, 3.05) is 65.6 Å². The first kappa shape index (κ1) is 16.0. The lowest BCUT2D eigenvalue weighted by Crippen LogP contribution is -2.52. The van der Waals surface area contributed by atoms with Crippen molar-refractivity contribution in [1.29, 1.82) is 0 Å². The van der Waals surface area contributed by atoms with Crippen molar-refractivity contribution in [2.45, 2.75) is 19.3 Å². The molecule has 3 rings (SSSR count). The number of carbonyl (C=O) groups excluding carboxylic acids is 1. The van der Waals surface area contributed by atoms with Gasteiger partial charge in [-0.3, -0.25) is 4.90 Å². The molecule has 0 aromatic heterocycles. The predicted molar refractivity (Wildman–Crippen MR) is 83.7 cm³/mol. The lowest BCUT2D eigenvalue weighted by Gasteiger charge is -2.41. The largest absolute Gasteiger partial charge is 0.396 e. The van der Waals surface area contributed by atoms with Crippen LogP contribution in [0.4, 0.5) is 4.79 Å². The molecule has 3 heterocycles. The molecule has 22 heavy (non-hydrogen) atoms. The van der Waals surface area contributed by atoms with Crippen LogP contribution in [0.25, 0.3) is 0 Å². The number of rotatable bonds is 3. The topological polar surface area (TPSA) is 56.3 Å². The van der Waals surface area contributed by atoms with E-state index in [9.17, 15) is 9.90 Å². The maximum absolute atomic E-state index is 12.6. The van der Waals surface area contributed by atoms with Crippen LogP contribution in [-0.4, -0.2) is 91.5 Å². The van der Waals surface area contributed by atoms with Crippen LogP contribution in [0, 0.1) is 11.8 Å². The summed E-state index contributed by atoms with van der Waals surface area (Å²) in [6, 6.07) is 0.183. The van der Waals surface area contributed by atoms with Gasteiger partial charge in [-0.1, -0.05) is 0 Å². The van der Waals surface area contributed by atoms with Gasteiger partial charge in [0, 0.05) is 58.3 Å². The van der Waals surface area contributed by atoms with Crippen LogP contribution >= 0.6 is 0 Å². The summed E-state index contributed by atoms with van der Waals surface area (Å²) in [4.78, 5) is 19.0. The van der Waals surface area contributed by atoms with Gasteiger partial charge in [0.2, 0.25) is 0 Å². The van der Waals surface area contributed by atoms with Gasteiger partial charge in [0.15, 0.2) is 0 Å². The number of ether oxygens (including phenoxy) is 1. The van der Waals surface area contributed by atoms with E-state index in [1.807, 2.05) is 9.80 Å². The van der Waals surface area contributed by atoms with E-state index in [2.05, 4.69) is 4.90 Å². The van der Waals surface area contributed by atoms with Crippen LogP contribution in [0.1, 0.15) is 19.3 Å². The summed E-state index contributed by atoms with van der Waals surface area (Å²) >= 11 is 0.